The van der Waals surface area contributed by atoms with Gasteiger partial charge in [0.25, 0.3) is 5.56 Å². The van der Waals surface area contributed by atoms with Gasteiger partial charge < -0.3 is 4.98 Å². The second-order valence-electron chi connectivity index (χ2n) is 7.82. The molecule has 7 heteroatoms. The van der Waals surface area contributed by atoms with Gasteiger partial charge in [-0.2, -0.15) is 0 Å². The van der Waals surface area contributed by atoms with Crippen LogP contribution >= 0.6 is 23.2 Å². The second kappa shape index (κ2) is 7.56. The van der Waals surface area contributed by atoms with E-state index in [1.54, 1.807) is 6.07 Å². The van der Waals surface area contributed by atoms with Crippen molar-refractivity contribution in [3.05, 3.63) is 79.6 Å². The predicted octanol–water partition coefficient (Wildman–Crippen LogP) is 4.57. The summed E-state index contributed by atoms with van der Waals surface area (Å²) in [7, 11) is 0. The summed E-state index contributed by atoms with van der Waals surface area (Å²) < 4.78 is 0. The zero-order chi connectivity index (χ0) is 20.0. The van der Waals surface area contributed by atoms with Crippen LogP contribution in [0.2, 0.25) is 10.0 Å². The minimum absolute atomic E-state index is 0.0212. The molecule has 0 amide bonds. The van der Waals surface area contributed by atoms with Crippen LogP contribution in [0.4, 0.5) is 0 Å². The summed E-state index contributed by atoms with van der Waals surface area (Å²) in [6.45, 7) is 2.25. The van der Waals surface area contributed by atoms with E-state index < -0.39 is 0 Å². The Balaban J connectivity index is 1.30. The number of H-pyrrole nitrogens is 1. The van der Waals surface area contributed by atoms with Crippen LogP contribution in [0.1, 0.15) is 41.4 Å². The predicted molar refractivity (Wildman–Crippen MR) is 114 cm³/mol. The lowest BCUT2D eigenvalue weighted by molar-refractivity contribution is 0.241. The zero-order valence-corrected chi connectivity index (χ0v) is 17.3. The maximum Gasteiger partial charge on any atom is 0.255 e. The van der Waals surface area contributed by atoms with Crippen molar-refractivity contribution in [2.24, 2.45) is 0 Å². The Morgan fingerprint density at radius 1 is 1.14 bits per heavy atom. The average Bonchev–Trinajstić information content (AvgIpc) is 3.53. The number of fused-ring (bicyclic) bond motifs is 1. The van der Waals surface area contributed by atoms with Gasteiger partial charge in [-0.1, -0.05) is 29.3 Å². The molecule has 5 rings (SSSR count). The van der Waals surface area contributed by atoms with Crippen LogP contribution in [0.3, 0.4) is 0 Å². The molecular formula is C22H20Cl2N4O. The molecule has 0 bridgehead atoms. The molecule has 1 N–H and O–H groups in total. The number of hydrogen-bond donors (Lipinski definition) is 1. The molecule has 2 aromatic heterocycles. The number of nitrogens with zero attached hydrogens (tertiary/aromatic N) is 3. The summed E-state index contributed by atoms with van der Waals surface area (Å²) in [6, 6.07) is 9.45. The van der Waals surface area contributed by atoms with Gasteiger partial charge in [0.2, 0.25) is 0 Å². The first-order valence-corrected chi connectivity index (χ1v) is 10.6. The van der Waals surface area contributed by atoms with Gasteiger partial charge in [-0.15, -0.1) is 0 Å². The molecule has 1 fully saturated rings. The Hall–Kier alpha value is -2.21. The van der Waals surface area contributed by atoms with Gasteiger partial charge in [0.05, 0.1) is 17.0 Å². The van der Waals surface area contributed by atoms with E-state index in [1.807, 2.05) is 24.4 Å². The lowest BCUT2D eigenvalue weighted by Gasteiger charge is -2.27. The van der Waals surface area contributed by atoms with E-state index in [2.05, 4.69) is 20.9 Å². The molecule has 29 heavy (non-hydrogen) atoms. The quantitative estimate of drug-likeness (QED) is 0.663. The largest absolute Gasteiger partial charge is 0.310 e. The molecule has 3 aromatic rings. The van der Waals surface area contributed by atoms with Crippen LogP contribution < -0.4 is 5.56 Å². The van der Waals surface area contributed by atoms with Gasteiger partial charge >= 0.3 is 0 Å². The number of aromatic amines is 1. The van der Waals surface area contributed by atoms with Crippen LogP contribution in [-0.2, 0) is 19.5 Å². The normalized spacial score (nSPS) is 16.6. The Morgan fingerprint density at radius 2 is 1.93 bits per heavy atom. The molecule has 148 valence electrons. The summed E-state index contributed by atoms with van der Waals surface area (Å²) in [6.07, 6.45) is 4.96. The molecular weight excluding hydrogens is 407 g/mol. The van der Waals surface area contributed by atoms with Crippen LogP contribution in [0, 0.1) is 0 Å². The van der Waals surface area contributed by atoms with Gasteiger partial charge in [-0.25, -0.2) is 4.98 Å². The monoisotopic (exact) mass is 426 g/mol. The van der Waals surface area contributed by atoms with E-state index >= 15 is 0 Å². The number of benzene rings is 1. The first-order chi connectivity index (χ1) is 14.0. The van der Waals surface area contributed by atoms with Crippen molar-refractivity contribution in [3.8, 4) is 11.3 Å². The van der Waals surface area contributed by atoms with Gasteiger partial charge in [-0.05, 0) is 42.7 Å². The molecule has 1 aliphatic heterocycles. The van der Waals surface area contributed by atoms with Gasteiger partial charge in [-0.3, -0.25) is 14.7 Å². The number of pyridine rings is 1. The van der Waals surface area contributed by atoms with Crippen molar-refractivity contribution in [2.75, 3.05) is 6.54 Å². The SMILES string of the molecule is O=c1[nH]c(C2CC2)nc2c1CN(Cc1ccc(-c3cc(Cl)cc(Cl)c3)nc1)CC2. The summed E-state index contributed by atoms with van der Waals surface area (Å²) in [5, 5.41) is 1.18. The van der Waals surface area contributed by atoms with E-state index in [9.17, 15) is 4.79 Å². The Bertz CT molecular complexity index is 1100. The van der Waals surface area contributed by atoms with Crippen molar-refractivity contribution >= 4 is 23.2 Å². The smallest absolute Gasteiger partial charge is 0.255 e. The van der Waals surface area contributed by atoms with E-state index in [4.69, 9.17) is 28.2 Å². The lowest BCUT2D eigenvalue weighted by Crippen LogP contribution is -2.35. The highest BCUT2D eigenvalue weighted by molar-refractivity contribution is 6.35. The third-order valence-electron chi connectivity index (χ3n) is 5.52. The van der Waals surface area contributed by atoms with Gasteiger partial charge in [0.1, 0.15) is 5.82 Å². The minimum Gasteiger partial charge on any atom is -0.310 e. The van der Waals surface area contributed by atoms with Crippen LogP contribution in [0.15, 0.2) is 41.3 Å². The van der Waals surface area contributed by atoms with Crippen molar-refractivity contribution < 1.29 is 0 Å². The maximum atomic E-state index is 12.5. The van der Waals surface area contributed by atoms with Crippen molar-refractivity contribution in [3.63, 3.8) is 0 Å². The molecule has 1 aromatic carbocycles. The molecule has 1 saturated carbocycles. The van der Waals surface area contributed by atoms with Gasteiger partial charge in [0.15, 0.2) is 0 Å². The summed E-state index contributed by atoms with van der Waals surface area (Å²) in [5.74, 6) is 1.34. The van der Waals surface area contributed by atoms with Crippen molar-refractivity contribution in [2.45, 2.75) is 38.3 Å². The first-order valence-electron chi connectivity index (χ1n) is 9.81. The van der Waals surface area contributed by atoms with Crippen LogP contribution in [-0.4, -0.2) is 26.4 Å². The second-order valence-corrected chi connectivity index (χ2v) is 8.69. The molecule has 0 saturated heterocycles. The molecule has 0 spiro atoms. The molecule has 5 nitrogen and oxygen atoms in total. The summed E-state index contributed by atoms with van der Waals surface area (Å²) >= 11 is 12.2. The molecule has 0 unspecified atom stereocenters. The Labute approximate surface area is 178 Å². The number of hydrogen-bond acceptors (Lipinski definition) is 4. The molecule has 0 radical (unpaired) electrons. The fourth-order valence-corrected chi connectivity index (χ4v) is 4.36. The van der Waals surface area contributed by atoms with E-state index in [-0.39, 0.29) is 5.56 Å². The third kappa shape index (κ3) is 4.08. The summed E-state index contributed by atoms with van der Waals surface area (Å²) in [4.78, 5) is 27.1. The van der Waals surface area contributed by atoms with Gasteiger partial charge in [0, 0.05) is 53.8 Å². The zero-order valence-electron chi connectivity index (χ0n) is 15.8. The molecule has 1 aliphatic carbocycles. The number of nitrogens with one attached hydrogen (secondary N) is 1. The fourth-order valence-electron chi connectivity index (χ4n) is 3.83. The minimum atomic E-state index is 0.0212. The first kappa shape index (κ1) is 18.8. The molecule has 0 atom stereocenters. The lowest BCUT2D eigenvalue weighted by atomic mass is 10.1. The van der Waals surface area contributed by atoms with E-state index in [0.29, 0.717) is 22.5 Å². The van der Waals surface area contributed by atoms with Crippen LogP contribution in [0.5, 0.6) is 0 Å². The highest BCUT2D eigenvalue weighted by atomic mass is 35.5. The topological polar surface area (TPSA) is 61.9 Å². The average molecular weight is 427 g/mol. The molecule has 3 heterocycles. The summed E-state index contributed by atoms with van der Waals surface area (Å²) in [5.41, 5.74) is 4.62. The van der Waals surface area contributed by atoms with E-state index in [0.717, 1.165) is 66.3 Å². The Kier molecular flexibility index (Phi) is 4.90. The Morgan fingerprint density at radius 3 is 2.62 bits per heavy atom. The number of rotatable bonds is 4. The van der Waals surface area contributed by atoms with Crippen LogP contribution in [0.25, 0.3) is 11.3 Å². The molecule has 2 aliphatic rings. The standard InChI is InChI=1S/C22H20Cl2N4O/c23-16-7-15(8-17(24)9-16)19-4-1-13(10-25-19)11-28-6-5-20-18(12-28)22(29)27-21(26-20)14-2-3-14/h1,4,7-10,14H,2-3,5-6,11-12H2,(H,26,27,29). The van der Waals surface area contributed by atoms with Crippen molar-refractivity contribution in [1.82, 2.24) is 19.9 Å². The fraction of sp³-hybridized carbons (Fsp3) is 0.318. The van der Waals surface area contributed by atoms with Crippen molar-refractivity contribution in [1.29, 1.82) is 0 Å². The number of aromatic nitrogens is 3. The highest BCUT2D eigenvalue weighted by Crippen LogP contribution is 2.37. The van der Waals surface area contributed by atoms with E-state index in [1.165, 1.54) is 0 Å². The maximum absolute atomic E-state index is 12.5. The highest BCUT2D eigenvalue weighted by Gasteiger charge is 2.29. The third-order valence-corrected chi connectivity index (χ3v) is 5.96. The number of halogens is 2.